The van der Waals surface area contributed by atoms with Gasteiger partial charge in [0.1, 0.15) is 4.21 Å². The van der Waals surface area contributed by atoms with Crippen molar-refractivity contribution in [3.8, 4) is 0 Å². The maximum absolute atomic E-state index is 12.0. The van der Waals surface area contributed by atoms with E-state index in [0.717, 1.165) is 22.7 Å². The van der Waals surface area contributed by atoms with Gasteiger partial charge in [-0.15, -0.1) is 11.3 Å². The molecule has 0 radical (unpaired) electrons. The predicted octanol–water partition coefficient (Wildman–Crippen LogP) is 1.49. The average molecular weight is 382 g/mol. The van der Waals surface area contributed by atoms with Crippen LogP contribution >= 0.6 is 27.3 Å². The minimum Gasteiger partial charge on any atom is -0.335 e. The fraction of sp³-hybridized carbons (Fsp3) is 0.692. The van der Waals surface area contributed by atoms with Crippen molar-refractivity contribution in [3.05, 3.63) is 15.9 Å². The summed E-state index contributed by atoms with van der Waals surface area (Å²) in [6, 6.07) is 3.40. The first-order valence-corrected chi connectivity index (χ1v) is 10.2. The SMILES string of the molecule is CC1CC[NH+](CCCNS(=O)(=O)c2ccc(Br)s2)CC1. The number of sulfonamides is 1. The van der Waals surface area contributed by atoms with Gasteiger partial charge in [-0.2, -0.15) is 0 Å². The van der Waals surface area contributed by atoms with Crippen molar-refractivity contribution in [1.29, 1.82) is 0 Å². The lowest BCUT2D eigenvalue weighted by atomic mass is 9.99. The molecule has 0 aliphatic carbocycles. The van der Waals surface area contributed by atoms with Gasteiger partial charge in [0.15, 0.2) is 0 Å². The van der Waals surface area contributed by atoms with Gasteiger partial charge in [0, 0.05) is 13.0 Å². The number of piperidine rings is 1. The molecule has 1 saturated heterocycles. The molecule has 0 spiro atoms. The lowest BCUT2D eigenvalue weighted by Crippen LogP contribution is -3.13. The monoisotopic (exact) mass is 381 g/mol. The Morgan fingerprint density at radius 1 is 1.40 bits per heavy atom. The van der Waals surface area contributed by atoms with E-state index in [2.05, 4.69) is 27.6 Å². The van der Waals surface area contributed by atoms with E-state index < -0.39 is 10.0 Å². The summed E-state index contributed by atoms with van der Waals surface area (Å²) >= 11 is 4.53. The molecule has 0 unspecified atom stereocenters. The number of rotatable bonds is 6. The topological polar surface area (TPSA) is 50.6 Å². The number of likely N-dealkylation sites (tertiary alicyclic amines) is 1. The van der Waals surface area contributed by atoms with E-state index in [0.29, 0.717) is 10.8 Å². The fourth-order valence-electron chi connectivity index (χ4n) is 2.48. The van der Waals surface area contributed by atoms with Gasteiger partial charge in [0.05, 0.1) is 23.4 Å². The van der Waals surface area contributed by atoms with Crippen molar-refractivity contribution in [3.63, 3.8) is 0 Å². The molecule has 0 aromatic carbocycles. The maximum atomic E-state index is 12.0. The summed E-state index contributed by atoms with van der Waals surface area (Å²) in [6.45, 7) is 6.35. The van der Waals surface area contributed by atoms with Crippen LogP contribution in [0.25, 0.3) is 0 Å². The Balaban J connectivity index is 1.70. The highest BCUT2D eigenvalue weighted by Crippen LogP contribution is 2.25. The van der Waals surface area contributed by atoms with Crippen LogP contribution in [0, 0.1) is 5.92 Å². The summed E-state index contributed by atoms with van der Waals surface area (Å²) in [5.41, 5.74) is 0. The standard InChI is InChI=1S/C13H21BrN2O2S2/c1-11-5-9-16(10-6-11)8-2-7-15-20(17,18)13-4-3-12(14)19-13/h3-4,11,15H,2,5-10H2,1H3/p+1. The van der Waals surface area contributed by atoms with E-state index in [4.69, 9.17) is 0 Å². The van der Waals surface area contributed by atoms with Crippen LogP contribution in [0.2, 0.25) is 0 Å². The number of nitrogens with one attached hydrogen (secondary N) is 2. The molecule has 114 valence electrons. The highest BCUT2D eigenvalue weighted by atomic mass is 79.9. The summed E-state index contributed by atoms with van der Waals surface area (Å²) < 4.78 is 27.9. The zero-order valence-corrected chi connectivity index (χ0v) is 14.9. The third-order valence-corrected chi connectivity index (χ3v) is 7.37. The van der Waals surface area contributed by atoms with Crippen LogP contribution in [-0.4, -0.2) is 34.6 Å². The van der Waals surface area contributed by atoms with Crippen molar-refractivity contribution in [1.82, 2.24) is 4.72 Å². The van der Waals surface area contributed by atoms with Crippen LogP contribution in [0.5, 0.6) is 0 Å². The van der Waals surface area contributed by atoms with Crippen molar-refractivity contribution in [2.24, 2.45) is 5.92 Å². The summed E-state index contributed by atoms with van der Waals surface area (Å²) in [5, 5.41) is 0. The van der Waals surface area contributed by atoms with Crippen LogP contribution in [0.3, 0.4) is 0 Å². The Morgan fingerprint density at radius 3 is 2.70 bits per heavy atom. The first-order chi connectivity index (χ1) is 9.47. The Hall–Kier alpha value is 0.0500. The molecular weight excluding hydrogens is 360 g/mol. The molecule has 1 aliphatic heterocycles. The molecule has 0 bridgehead atoms. The third kappa shape index (κ3) is 4.80. The summed E-state index contributed by atoms with van der Waals surface area (Å²) in [4.78, 5) is 1.61. The van der Waals surface area contributed by atoms with Gasteiger partial charge in [-0.25, -0.2) is 13.1 Å². The van der Waals surface area contributed by atoms with Gasteiger partial charge >= 0.3 is 0 Å². The van der Waals surface area contributed by atoms with Gasteiger partial charge < -0.3 is 4.90 Å². The Kier molecular flexibility index (Phi) is 6.04. The molecule has 1 aromatic heterocycles. The normalized spacial score (nSPS) is 23.9. The van der Waals surface area contributed by atoms with Crippen LogP contribution in [0.4, 0.5) is 0 Å². The fourth-order valence-corrected chi connectivity index (χ4v) is 5.61. The van der Waals surface area contributed by atoms with Crippen LogP contribution in [0.15, 0.2) is 20.1 Å². The smallest absolute Gasteiger partial charge is 0.250 e. The molecule has 1 fully saturated rings. The zero-order valence-electron chi connectivity index (χ0n) is 11.7. The number of halogens is 1. The number of thiophene rings is 1. The van der Waals surface area contributed by atoms with Crippen molar-refractivity contribution < 1.29 is 13.3 Å². The maximum Gasteiger partial charge on any atom is 0.250 e. The number of hydrogen-bond donors (Lipinski definition) is 2. The van der Waals surface area contributed by atoms with Gasteiger partial charge in [0.2, 0.25) is 10.0 Å². The quantitative estimate of drug-likeness (QED) is 0.733. The van der Waals surface area contributed by atoms with Gasteiger partial charge in [-0.05, 0) is 46.8 Å². The highest BCUT2D eigenvalue weighted by molar-refractivity contribution is 9.11. The molecule has 20 heavy (non-hydrogen) atoms. The third-order valence-electron chi connectivity index (χ3n) is 3.79. The van der Waals surface area contributed by atoms with Gasteiger partial charge in [-0.3, -0.25) is 0 Å². The van der Waals surface area contributed by atoms with E-state index in [1.807, 2.05) is 0 Å². The number of hydrogen-bond acceptors (Lipinski definition) is 3. The zero-order chi connectivity index (χ0) is 14.6. The van der Waals surface area contributed by atoms with E-state index in [1.54, 1.807) is 17.0 Å². The lowest BCUT2D eigenvalue weighted by Gasteiger charge is -2.27. The largest absolute Gasteiger partial charge is 0.335 e. The second-order valence-corrected chi connectivity index (χ2v) is 9.95. The van der Waals surface area contributed by atoms with E-state index in [9.17, 15) is 8.42 Å². The van der Waals surface area contributed by atoms with Crippen molar-refractivity contribution in [2.45, 2.75) is 30.4 Å². The van der Waals surface area contributed by atoms with E-state index in [-0.39, 0.29) is 0 Å². The molecule has 7 heteroatoms. The summed E-state index contributed by atoms with van der Waals surface area (Å²) in [5.74, 6) is 0.856. The number of quaternary nitrogens is 1. The molecule has 4 nitrogen and oxygen atoms in total. The van der Waals surface area contributed by atoms with E-state index >= 15 is 0 Å². The summed E-state index contributed by atoms with van der Waals surface area (Å²) in [6.07, 6.45) is 3.49. The molecule has 0 amide bonds. The highest BCUT2D eigenvalue weighted by Gasteiger charge is 2.19. The van der Waals surface area contributed by atoms with Gasteiger partial charge in [-0.1, -0.05) is 6.92 Å². The Morgan fingerprint density at radius 2 is 2.10 bits per heavy atom. The lowest BCUT2D eigenvalue weighted by molar-refractivity contribution is -0.906. The van der Waals surface area contributed by atoms with Crippen LogP contribution < -0.4 is 9.62 Å². The second-order valence-electron chi connectivity index (χ2n) is 5.49. The van der Waals surface area contributed by atoms with Crippen molar-refractivity contribution in [2.75, 3.05) is 26.2 Å². The predicted molar refractivity (Wildman–Crippen MR) is 85.8 cm³/mol. The van der Waals surface area contributed by atoms with Crippen molar-refractivity contribution >= 4 is 37.3 Å². The molecule has 1 aliphatic rings. The summed E-state index contributed by atoms with van der Waals surface area (Å²) in [7, 11) is -3.32. The molecular formula is C13H22BrN2O2S2+. The minimum atomic E-state index is -3.32. The molecule has 2 heterocycles. The average Bonchev–Trinajstić information content (AvgIpc) is 2.84. The first kappa shape index (κ1) is 16.4. The Bertz CT molecular complexity index is 522. The molecule has 0 atom stereocenters. The van der Waals surface area contributed by atoms with Crippen LogP contribution in [-0.2, 0) is 10.0 Å². The first-order valence-electron chi connectivity index (χ1n) is 7.06. The molecule has 1 aromatic rings. The Labute approximate surface area is 133 Å². The second kappa shape index (κ2) is 7.35. The minimum absolute atomic E-state index is 0.378. The molecule has 2 N–H and O–H groups in total. The van der Waals surface area contributed by atoms with Crippen LogP contribution in [0.1, 0.15) is 26.2 Å². The molecule has 0 saturated carbocycles. The van der Waals surface area contributed by atoms with Gasteiger partial charge in [0.25, 0.3) is 0 Å². The van der Waals surface area contributed by atoms with E-state index in [1.165, 1.54) is 37.3 Å². The molecule has 2 rings (SSSR count).